The molecule has 0 spiro atoms. The molecule has 4 aliphatic heterocycles. The van der Waals surface area contributed by atoms with Crippen LogP contribution in [0.4, 0.5) is 0 Å². The number of ether oxygens (including phenoxy) is 3. The number of benzene rings is 1. The number of rotatable bonds is 15. The highest BCUT2D eigenvalue weighted by molar-refractivity contribution is 8.00. The maximum absolute atomic E-state index is 14.2. The van der Waals surface area contributed by atoms with E-state index in [9.17, 15) is 33.6 Å². The second kappa shape index (κ2) is 20.5. The van der Waals surface area contributed by atoms with Gasteiger partial charge in [-0.05, 0) is 94.1 Å². The molecule has 13 nitrogen and oxygen atoms in total. The Kier molecular flexibility index (Phi) is 15.9. The number of carbonyl (C=O) groups is 7. The number of nitrogens with zero attached hydrogens (tertiary/aromatic N) is 2. The Morgan fingerprint density at radius 2 is 1.31 bits per heavy atom. The molecule has 1 N–H and O–H groups in total. The third-order valence-electron chi connectivity index (χ3n) is 11.4. The van der Waals surface area contributed by atoms with Crippen molar-refractivity contribution >= 4 is 64.9 Å². The van der Waals surface area contributed by atoms with Gasteiger partial charge in [0, 0.05) is 30.6 Å². The lowest BCUT2D eigenvalue weighted by molar-refractivity contribution is -0.157. The number of methoxy groups -OCH3 is 3. The van der Waals surface area contributed by atoms with Crippen LogP contribution in [0.25, 0.3) is 0 Å². The molecule has 0 unspecified atom stereocenters. The molecule has 0 radical (unpaired) electrons. The largest absolute Gasteiger partial charge is 0.469 e. The minimum Gasteiger partial charge on any atom is -0.469 e. The van der Waals surface area contributed by atoms with E-state index < -0.39 is 53.8 Å². The van der Waals surface area contributed by atoms with Gasteiger partial charge in [0.1, 0.15) is 23.9 Å². The van der Waals surface area contributed by atoms with Crippen LogP contribution in [0.2, 0.25) is 0 Å². The number of thioether (sulfide) groups is 2. The number of amides is 3. The summed E-state index contributed by atoms with van der Waals surface area (Å²) in [5.74, 6) is -2.93. The van der Waals surface area contributed by atoms with E-state index in [1.807, 2.05) is 30.3 Å². The van der Waals surface area contributed by atoms with E-state index in [0.717, 1.165) is 31.2 Å². The molecule has 4 fully saturated rings. The van der Waals surface area contributed by atoms with Gasteiger partial charge in [-0.1, -0.05) is 30.3 Å². The fourth-order valence-corrected chi connectivity index (χ4v) is 11.2. The van der Waals surface area contributed by atoms with Gasteiger partial charge in [-0.25, -0.2) is 9.59 Å². The van der Waals surface area contributed by atoms with Gasteiger partial charge in [0.15, 0.2) is 0 Å². The van der Waals surface area contributed by atoms with Crippen molar-refractivity contribution in [3.05, 3.63) is 35.9 Å². The second-order valence-electron chi connectivity index (χ2n) is 14.9. The molecule has 1 aromatic carbocycles. The lowest BCUT2D eigenvalue weighted by Crippen LogP contribution is -2.57. The summed E-state index contributed by atoms with van der Waals surface area (Å²) in [6, 6.07) is 7.32. The number of Topliss-reactive ketones (excluding diaryl/α,β-unsaturated/α-hetero) is 1. The molecule has 0 bridgehead atoms. The zero-order valence-corrected chi connectivity index (χ0v) is 33.7. The molecule has 0 aliphatic carbocycles. The standard InChI is InChI=1S/C40H55N3O10S2/c1-51-35(45)18-17-26(32(44)24-28-19-21-54-33-13-7-11-30(39(49)52-2)42(33)37(28)47)15-16-27(23-25-9-5-4-6-10-25)36(46)41-29-20-22-55-34-14-8-12-31(40(50)53-3)43(34)38(29)48/h4-6,9-10,26-31,33-34H,7-8,11-24H2,1-3H3,(H,41,46)/t26-,27-,28-,29+,30+,31+,33+,34+/m1/s1. The fourth-order valence-electron chi connectivity index (χ4n) is 8.40. The van der Waals surface area contributed by atoms with E-state index in [2.05, 4.69) is 5.32 Å². The van der Waals surface area contributed by atoms with Gasteiger partial charge < -0.3 is 29.3 Å². The number of esters is 3. The highest BCUT2D eigenvalue weighted by Gasteiger charge is 2.45. The lowest BCUT2D eigenvalue weighted by atomic mass is 9.83. The summed E-state index contributed by atoms with van der Waals surface area (Å²) in [4.78, 5) is 97.3. The van der Waals surface area contributed by atoms with Crippen molar-refractivity contribution in [3.63, 3.8) is 0 Å². The van der Waals surface area contributed by atoms with E-state index in [0.29, 0.717) is 43.6 Å². The molecule has 15 heteroatoms. The number of fused-ring (bicyclic) bond motifs is 2. The first-order valence-electron chi connectivity index (χ1n) is 19.5. The summed E-state index contributed by atoms with van der Waals surface area (Å²) in [5, 5.41) is 2.71. The minimum atomic E-state index is -0.822. The van der Waals surface area contributed by atoms with E-state index >= 15 is 0 Å². The lowest BCUT2D eigenvalue weighted by Gasteiger charge is -2.40. The van der Waals surface area contributed by atoms with Crippen molar-refractivity contribution in [1.29, 1.82) is 0 Å². The number of hydrogen-bond acceptors (Lipinski definition) is 12. The molecule has 4 heterocycles. The van der Waals surface area contributed by atoms with Gasteiger partial charge >= 0.3 is 17.9 Å². The SMILES string of the molecule is COC(=O)CC[C@@H](CC[C@H](Cc1ccccc1)C(=O)N[C@H]1CCS[C@H]2CCC[C@@H](C(=O)OC)N2C1=O)C(=O)C[C@H]1CCS[C@H]2CCC[C@@H](C(=O)OC)N2C1=O. The van der Waals surface area contributed by atoms with E-state index in [1.54, 1.807) is 33.3 Å². The predicted octanol–water partition coefficient (Wildman–Crippen LogP) is 4.29. The summed E-state index contributed by atoms with van der Waals surface area (Å²) in [6.45, 7) is 0. The minimum absolute atomic E-state index is 0.00212. The van der Waals surface area contributed by atoms with Gasteiger partial charge in [-0.2, -0.15) is 0 Å². The molecule has 4 saturated heterocycles. The zero-order chi connectivity index (χ0) is 39.5. The van der Waals surface area contributed by atoms with Crippen LogP contribution in [-0.4, -0.2) is 113 Å². The normalized spacial score (nSPS) is 26.6. The van der Waals surface area contributed by atoms with E-state index in [4.69, 9.17) is 14.2 Å². The highest BCUT2D eigenvalue weighted by atomic mass is 32.2. The molecule has 3 amide bonds. The van der Waals surface area contributed by atoms with Crippen LogP contribution in [0, 0.1) is 17.8 Å². The molecule has 4 aliphatic rings. The van der Waals surface area contributed by atoms with Gasteiger partial charge in [0.05, 0.1) is 32.1 Å². The van der Waals surface area contributed by atoms with Crippen molar-refractivity contribution in [3.8, 4) is 0 Å². The average Bonchev–Trinajstić information content (AvgIpc) is 3.46. The van der Waals surface area contributed by atoms with Gasteiger partial charge in [-0.3, -0.25) is 24.0 Å². The Labute approximate surface area is 332 Å². The Balaban J connectivity index is 1.32. The Bertz CT molecular complexity index is 1550. The van der Waals surface area contributed by atoms with Crippen molar-refractivity contribution in [2.45, 2.75) is 119 Å². The Morgan fingerprint density at radius 3 is 1.91 bits per heavy atom. The fraction of sp³-hybridized carbons (Fsp3) is 0.675. The first-order valence-corrected chi connectivity index (χ1v) is 21.6. The summed E-state index contributed by atoms with van der Waals surface area (Å²) < 4.78 is 15.0. The molecule has 0 aromatic heterocycles. The number of carbonyl (C=O) groups excluding carboxylic acids is 7. The number of hydrogen-bond donors (Lipinski definition) is 1. The van der Waals surface area contributed by atoms with Crippen LogP contribution in [0.3, 0.4) is 0 Å². The van der Waals surface area contributed by atoms with Crippen LogP contribution in [0.5, 0.6) is 0 Å². The topological polar surface area (TPSA) is 166 Å². The third kappa shape index (κ3) is 10.8. The van der Waals surface area contributed by atoms with Crippen LogP contribution < -0.4 is 5.32 Å². The third-order valence-corrected chi connectivity index (χ3v) is 14.1. The summed E-state index contributed by atoms with van der Waals surface area (Å²) in [5.41, 5.74) is 0.919. The highest BCUT2D eigenvalue weighted by Crippen LogP contribution is 2.38. The van der Waals surface area contributed by atoms with Crippen LogP contribution >= 0.6 is 23.5 Å². The number of nitrogens with one attached hydrogen (secondary N) is 1. The Morgan fingerprint density at radius 1 is 0.727 bits per heavy atom. The zero-order valence-electron chi connectivity index (χ0n) is 32.1. The molecule has 1 aromatic rings. The first kappa shape index (κ1) is 42.6. The molecule has 8 atom stereocenters. The maximum atomic E-state index is 14.2. The van der Waals surface area contributed by atoms with Crippen molar-refractivity contribution in [2.24, 2.45) is 17.8 Å². The molecular weight excluding hydrogens is 747 g/mol. The average molecular weight is 802 g/mol. The maximum Gasteiger partial charge on any atom is 0.328 e. The predicted molar refractivity (Wildman–Crippen MR) is 207 cm³/mol. The second-order valence-corrected chi connectivity index (χ2v) is 17.4. The van der Waals surface area contributed by atoms with Crippen molar-refractivity contribution in [1.82, 2.24) is 15.1 Å². The number of ketones is 1. The molecule has 0 saturated carbocycles. The molecular formula is C40H55N3O10S2. The van der Waals surface area contributed by atoms with E-state index in [-0.39, 0.29) is 66.4 Å². The quantitative estimate of drug-likeness (QED) is 0.198. The van der Waals surface area contributed by atoms with Gasteiger partial charge in [0.25, 0.3) is 0 Å². The summed E-state index contributed by atoms with van der Waals surface area (Å²) in [7, 11) is 3.92. The molecule has 302 valence electrons. The van der Waals surface area contributed by atoms with Crippen molar-refractivity contribution in [2.75, 3.05) is 32.8 Å². The van der Waals surface area contributed by atoms with Gasteiger partial charge in [-0.15, -0.1) is 23.5 Å². The monoisotopic (exact) mass is 801 g/mol. The van der Waals surface area contributed by atoms with Gasteiger partial charge in [0.2, 0.25) is 17.7 Å². The first-order chi connectivity index (χ1) is 26.6. The Hall–Kier alpha value is -3.59. The summed E-state index contributed by atoms with van der Waals surface area (Å²) >= 11 is 3.25. The number of piperidine rings is 2. The van der Waals surface area contributed by atoms with Crippen molar-refractivity contribution < 1.29 is 47.8 Å². The van der Waals surface area contributed by atoms with Crippen LogP contribution in [0.15, 0.2) is 30.3 Å². The smallest absolute Gasteiger partial charge is 0.328 e. The summed E-state index contributed by atoms with van der Waals surface area (Å²) in [6.07, 6.45) is 6.14. The van der Waals surface area contributed by atoms with Crippen LogP contribution in [0.1, 0.15) is 89.0 Å². The van der Waals surface area contributed by atoms with E-state index in [1.165, 1.54) is 21.3 Å². The molecule has 55 heavy (non-hydrogen) atoms. The molecule has 5 rings (SSSR count). The van der Waals surface area contributed by atoms with Crippen LogP contribution in [-0.2, 0) is 54.2 Å².